The van der Waals surface area contributed by atoms with E-state index in [-0.39, 0.29) is 12.4 Å². The zero-order chi connectivity index (χ0) is 12.1. The molecule has 0 N–H and O–H groups in total. The van der Waals surface area contributed by atoms with Crippen LogP contribution in [0.2, 0.25) is 0 Å². The molecule has 4 heteroatoms. The first kappa shape index (κ1) is 16.4. The number of thioether (sulfide) groups is 1. The number of unbranched alkanes of at least 4 members (excludes halogenated alkanes) is 1. The minimum Gasteiger partial charge on any atom is -0.299 e. The van der Waals surface area contributed by atoms with Crippen LogP contribution in [0, 0.1) is 0 Å². The third-order valence-electron chi connectivity index (χ3n) is 3.39. The average Bonchev–Trinajstić information content (AvgIpc) is 2.81. The number of hydrogen-bond acceptors (Lipinski definition) is 3. The van der Waals surface area contributed by atoms with Crippen molar-refractivity contribution in [2.45, 2.75) is 49.8 Å². The highest BCUT2D eigenvalue weighted by Gasteiger charge is 2.24. The lowest BCUT2D eigenvalue weighted by molar-refractivity contribution is 0.206. The van der Waals surface area contributed by atoms with Crippen LogP contribution in [0.4, 0.5) is 0 Å². The summed E-state index contributed by atoms with van der Waals surface area (Å²) in [6.07, 6.45) is 5.21. The lowest BCUT2D eigenvalue weighted by Gasteiger charge is -2.33. The van der Waals surface area contributed by atoms with Crippen molar-refractivity contribution in [2.75, 3.05) is 18.8 Å². The van der Waals surface area contributed by atoms with E-state index in [1.54, 1.807) is 9.77 Å². The molecular weight excluding hydrogens is 282 g/mol. The van der Waals surface area contributed by atoms with Crippen molar-refractivity contribution >= 4 is 35.5 Å². The Labute approximate surface area is 126 Å². The second kappa shape index (κ2) is 8.47. The van der Waals surface area contributed by atoms with Gasteiger partial charge in [-0.3, -0.25) is 4.90 Å². The maximum atomic E-state index is 2.72. The number of fused-ring (bicyclic) bond motifs is 1. The van der Waals surface area contributed by atoms with Crippen molar-refractivity contribution in [3.63, 3.8) is 0 Å². The molecule has 2 rings (SSSR count). The van der Waals surface area contributed by atoms with Gasteiger partial charge in [0, 0.05) is 11.8 Å². The molecule has 0 amide bonds. The quantitative estimate of drug-likeness (QED) is 0.749. The van der Waals surface area contributed by atoms with Crippen LogP contribution in [0.5, 0.6) is 0 Å². The summed E-state index contributed by atoms with van der Waals surface area (Å²) in [7, 11) is 0. The van der Waals surface area contributed by atoms with Gasteiger partial charge in [-0.1, -0.05) is 20.3 Å². The molecule has 0 aromatic carbocycles. The van der Waals surface area contributed by atoms with Gasteiger partial charge in [-0.25, -0.2) is 0 Å². The molecule has 0 bridgehead atoms. The van der Waals surface area contributed by atoms with Crippen LogP contribution in [0.3, 0.4) is 0 Å². The number of thiophene rings is 1. The lowest BCUT2D eigenvalue weighted by Crippen LogP contribution is -2.41. The zero-order valence-electron chi connectivity index (χ0n) is 11.4. The fourth-order valence-electron chi connectivity index (χ4n) is 2.44. The van der Waals surface area contributed by atoms with Crippen LogP contribution in [-0.4, -0.2) is 29.8 Å². The maximum absolute atomic E-state index is 2.72. The van der Waals surface area contributed by atoms with Crippen molar-refractivity contribution in [3.05, 3.63) is 17.0 Å². The first-order valence-electron chi connectivity index (χ1n) is 6.78. The fraction of sp³-hybridized carbons (Fsp3) is 0.714. The summed E-state index contributed by atoms with van der Waals surface area (Å²) in [4.78, 5) is 2.72. The SMILES string of the molecule is CCCCN(CCC)C1CSc2sccc2C1.Cl. The normalized spacial score (nSPS) is 18.5. The Kier molecular flexibility index (Phi) is 7.69. The second-order valence-electron chi connectivity index (χ2n) is 4.79. The maximum Gasteiger partial charge on any atom is 0.0631 e. The number of hydrogen-bond donors (Lipinski definition) is 0. The van der Waals surface area contributed by atoms with Gasteiger partial charge in [0.1, 0.15) is 0 Å². The van der Waals surface area contributed by atoms with Gasteiger partial charge in [-0.05, 0) is 49.4 Å². The van der Waals surface area contributed by atoms with E-state index in [9.17, 15) is 0 Å². The average molecular weight is 306 g/mol. The largest absolute Gasteiger partial charge is 0.299 e. The van der Waals surface area contributed by atoms with E-state index in [4.69, 9.17) is 0 Å². The molecule has 0 spiro atoms. The first-order valence-corrected chi connectivity index (χ1v) is 8.64. The predicted octanol–water partition coefficient (Wildman–Crippen LogP) is 4.70. The van der Waals surface area contributed by atoms with Gasteiger partial charge in [-0.15, -0.1) is 35.5 Å². The standard InChI is InChI=1S/C14H23NS2.ClH/c1-3-5-8-15(7-4-2)13-10-12-6-9-16-14(12)17-11-13;/h6,9,13H,3-5,7-8,10-11H2,1-2H3;1H. The smallest absolute Gasteiger partial charge is 0.0631 e. The number of halogens is 1. The molecule has 104 valence electrons. The van der Waals surface area contributed by atoms with E-state index in [0.29, 0.717) is 0 Å². The third kappa shape index (κ3) is 4.16. The summed E-state index contributed by atoms with van der Waals surface area (Å²) in [5.74, 6) is 1.29. The first-order chi connectivity index (χ1) is 8.35. The zero-order valence-corrected chi connectivity index (χ0v) is 13.8. The summed E-state index contributed by atoms with van der Waals surface area (Å²) >= 11 is 3.98. The summed E-state index contributed by atoms with van der Waals surface area (Å²) in [6.45, 7) is 7.14. The summed E-state index contributed by atoms with van der Waals surface area (Å²) < 4.78 is 1.56. The van der Waals surface area contributed by atoms with E-state index < -0.39 is 0 Å². The Morgan fingerprint density at radius 3 is 2.83 bits per heavy atom. The van der Waals surface area contributed by atoms with Gasteiger partial charge < -0.3 is 0 Å². The van der Waals surface area contributed by atoms with Crippen LogP contribution in [0.15, 0.2) is 15.7 Å². The minimum atomic E-state index is 0. The van der Waals surface area contributed by atoms with E-state index >= 15 is 0 Å². The van der Waals surface area contributed by atoms with Crippen molar-refractivity contribution in [2.24, 2.45) is 0 Å². The molecule has 0 saturated heterocycles. The third-order valence-corrected chi connectivity index (χ3v) is 5.86. The lowest BCUT2D eigenvalue weighted by atomic mass is 10.1. The Morgan fingerprint density at radius 1 is 1.28 bits per heavy atom. The molecule has 1 aliphatic heterocycles. The molecule has 0 aliphatic carbocycles. The molecule has 1 aliphatic rings. The van der Waals surface area contributed by atoms with Crippen LogP contribution in [0.1, 0.15) is 38.7 Å². The summed E-state index contributed by atoms with van der Waals surface area (Å²) in [5, 5.41) is 2.25. The van der Waals surface area contributed by atoms with Gasteiger partial charge >= 0.3 is 0 Å². The van der Waals surface area contributed by atoms with Crippen LogP contribution in [-0.2, 0) is 6.42 Å². The van der Waals surface area contributed by atoms with Crippen LogP contribution < -0.4 is 0 Å². The van der Waals surface area contributed by atoms with E-state index in [1.165, 1.54) is 44.5 Å². The summed E-state index contributed by atoms with van der Waals surface area (Å²) in [5.41, 5.74) is 1.59. The summed E-state index contributed by atoms with van der Waals surface area (Å²) in [6, 6.07) is 3.09. The molecular formula is C14H24ClNS2. The second-order valence-corrected chi connectivity index (χ2v) is 7.00. The highest BCUT2D eigenvalue weighted by molar-refractivity contribution is 8.01. The van der Waals surface area contributed by atoms with Gasteiger partial charge in [0.05, 0.1) is 4.21 Å². The van der Waals surface area contributed by atoms with Crippen molar-refractivity contribution < 1.29 is 0 Å². The molecule has 0 saturated carbocycles. The molecule has 2 heterocycles. The van der Waals surface area contributed by atoms with Crippen molar-refractivity contribution in [1.82, 2.24) is 4.90 Å². The molecule has 0 fully saturated rings. The van der Waals surface area contributed by atoms with Crippen molar-refractivity contribution in [3.8, 4) is 0 Å². The Morgan fingerprint density at radius 2 is 2.11 bits per heavy atom. The Balaban J connectivity index is 0.00000162. The minimum absolute atomic E-state index is 0. The van der Waals surface area contributed by atoms with Crippen LogP contribution >= 0.6 is 35.5 Å². The van der Waals surface area contributed by atoms with E-state index in [0.717, 1.165) is 6.04 Å². The topological polar surface area (TPSA) is 3.24 Å². The number of nitrogens with zero attached hydrogens (tertiary/aromatic N) is 1. The predicted molar refractivity (Wildman–Crippen MR) is 86.6 cm³/mol. The molecule has 1 aromatic heterocycles. The molecule has 1 atom stereocenters. The van der Waals surface area contributed by atoms with Gasteiger partial charge in [0.2, 0.25) is 0 Å². The highest BCUT2D eigenvalue weighted by atomic mass is 35.5. The molecule has 1 aromatic rings. The molecule has 0 radical (unpaired) electrons. The molecule has 1 nitrogen and oxygen atoms in total. The van der Waals surface area contributed by atoms with Crippen LogP contribution in [0.25, 0.3) is 0 Å². The Hall–Kier alpha value is 0.300. The molecule has 1 unspecified atom stereocenters. The van der Waals surface area contributed by atoms with Gasteiger partial charge in [0.25, 0.3) is 0 Å². The highest BCUT2D eigenvalue weighted by Crippen LogP contribution is 2.36. The van der Waals surface area contributed by atoms with Crippen molar-refractivity contribution in [1.29, 1.82) is 0 Å². The molecule has 18 heavy (non-hydrogen) atoms. The fourth-order valence-corrected chi connectivity index (χ4v) is 4.76. The van der Waals surface area contributed by atoms with E-state index in [2.05, 4.69) is 42.0 Å². The van der Waals surface area contributed by atoms with E-state index in [1.807, 2.05) is 11.3 Å². The number of rotatable bonds is 6. The monoisotopic (exact) mass is 305 g/mol. The van der Waals surface area contributed by atoms with Gasteiger partial charge in [-0.2, -0.15) is 0 Å². The van der Waals surface area contributed by atoms with Gasteiger partial charge in [0.15, 0.2) is 0 Å². The Bertz CT molecular complexity index is 340.